The molecule has 5 nitrogen and oxygen atoms in total. The largest absolute Gasteiger partial charge is 0.495 e. The lowest BCUT2D eigenvalue weighted by molar-refractivity contribution is 0.417. The summed E-state index contributed by atoms with van der Waals surface area (Å²) in [5.41, 5.74) is 5.38. The third kappa shape index (κ3) is 3.69. The fourth-order valence-electron chi connectivity index (χ4n) is 2.11. The lowest BCUT2D eigenvalue weighted by Crippen LogP contribution is -2.25. The number of ether oxygens (including phenoxy) is 1. The maximum absolute atomic E-state index is 5.28. The molecular formula is C17H16N4OS2. The van der Waals surface area contributed by atoms with E-state index in [0.717, 1.165) is 26.6 Å². The van der Waals surface area contributed by atoms with Gasteiger partial charge in [-0.1, -0.05) is 24.3 Å². The molecule has 2 aromatic carbocycles. The van der Waals surface area contributed by atoms with Gasteiger partial charge in [0.05, 0.1) is 28.7 Å². The van der Waals surface area contributed by atoms with Gasteiger partial charge in [0.25, 0.3) is 0 Å². The first kappa shape index (κ1) is 16.4. The van der Waals surface area contributed by atoms with E-state index in [0.29, 0.717) is 10.9 Å². The molecule has 3 rings (SSSR count). The number of methoxy groups -OCH3 is 1. The predicted molar refractivity (Wildman–Crippen MR) is 104 cm³/mol. The Labute approximate surface area is 149 Å². The smallest absolute Gasteiger partial charge is 0.191 e. The summed E-state index contributed by atoms with van der Waals surface area (Å²) in [6.07, 6.45) is 0. The second-order valence-electron chi connectivity index (χ2n) is 4.95. The van der Waals surface area contributed by atoms with Gasteiger partial charge in [0.1, 0.15) is 10.8 Å². The number of aromatic nitrogens is 1. The molecule has 0 bridgehead atoms. The number of para-hydroxylation sites is 3. The van der Waals surface area contributed by atoms with Gasteiger partial charge in [-0.2, -0.15) is 5.10 Å². The van der Waals surface area contributed by atoms with E-state index in [1.54, 1.807) is 18.4 Å². The molecule has 0 unspecified atom stereocenters. The molecule has 0 aliphatic carbocycles. The monoisotopic (exact) mass is 356 g/mol. The van der Waals surface area contributed by atoms with Crippen molar-refractivity contribution in [1.82, 2.24) is 10.4 Å². The standard InChI is InChI=1S/C17H16N4OS2/c1-11(16-18-13-8-4-6-10-15(13)24-16)20-21-17(23)19-12-7-3-5-9-14(12)22-2/h3-10H,1-2H3,(H2,19,21,23)/b20-11-. The molecule has 0 aliphatic rings. The van der Waals surface area contributed by atoms with Crippen molar-refractivity contribution in [3.05, 3.63) is 53.5 Å². The summed E-state index contributed by atoms with van der Waals surface area (Å²) in [7, 11) is 1.62. The molecule has 0 aliphatic heterocycles. The van der Waals surface area contributed by atoms with E-state index in [2.05, 4.69) is 20.8 Å². The Morgan fingerprint density at radius 1 is 1.17 bits per heavy atom. The first-order valence-corrected chi connectivity index (χ1v) is 8.50. The molecular weight excluding hydrogens is 340 g/mol. The molecule has 0 spiro atoms. The maximum atomic E-state index is 5.28. The summed E-state index contributed by atoms with van der Waals surface area (Å²) in [6, 6.07) is 15.6. The van der Waals surface area contributed by atoms with Crippen molar-refractivity contribution < 1.29 is 4.74 Å². The Bertz CT molecular complexity index is 871. The zero-order valence-corrected chi connectivity index (χ0v) is 14.9. The molecule has 0 radical (unpaired) electrons. The summed E-state index contributed by atoms with van der Waals surface area (Å²) in [4.78, 5) is 4.57. The highest BCUT2D eigenvalue weighted by molar-refractivity contribution is 7.80. The second kappa shape index (κ2) is 7.37. The van der Waals surface area contributed by atoms with Crippen molar-refractivity contribution >= 4 is 50.3 Å². The van der Waals surface area contributed by atoms with E-state index in [4.69, 9.17) is 17.0 Å². The van der Waals surface area contributed by atoms with Crippen LogP contribution in [0.3, 0.4) is 0 Å². The minimum Gasteiger partial charge on any atom is -0.495 e. The van der Waals surface area contributed by atoms with Gasteiger partial charge in [-0.15, -0.1) is 11.3 Å². The second-order valence-corrected chi connectivity index (χ2v) is 6.39. The van der Waals surface area contributed by atoms with Crippen LogP contribution in [0.2, 0.25) is 0 Å². The number of hydrogen-bond acceptors (Lipinski definition) is 5. The van der Waals surface area contributed by atoms with Crippen LogP contribution in [0.15, 0.2) is 53.6 Å². The molecule has 24 heavy (non-hydrogen) atoms. The number of nitrogens with zero attached hydrogens (tertiary/aromatic N) is 2. The number of thiocarbonyl (C=S) groups is 1. The van der Waals surface area contributed by atoms with Crippen LogP contribution >= 0.6 is 23.6 Å². The average molecular weight is 356 g/mol. The number of fused-ring (bicyclic) bond motifs is 1. The molecule has 0 amide bonds. The zero-order valence-electron chi connectivity index (χ0n) is 13.2. The summed E-state index contributed by atoms with van der Waals surface area (Å²) in [5.74, 6) is 0.716. The highest BCUT2D eigenvalue weighted by Crippen LogP contribution is 2.23. The number of hydrazone groups is 1. The van der Waals surface area contributed by atoms with Crippen LogP contribution in [0.25, 0.3) is 10.2 Å². The number of anilines is 1. The number of benzene rings is 2. The first-order valence-electron chi connectivity index (χ1n) is 7.27. The molecule has 7 heteroatoms. The topological polar surface area (TPSA) is 58.5 Å². The van der Waals surface area contributed by atoms with Crippen LogP contribution in [0.4, 0.5) is 5.69 Å². The van der Waals surface area contributed by atoms with Gasteiger partial charge in [0, 0.05) is 0 Å². The van der Waals surface area contributed by atoms with Gasteiger partial charge in [0.15, 0.2) is 5.11 Å². The maximum Gasteiger partial charge on any atom is 0.191 e. The lowest BCUT2D eigenvalue weighted by Gasteiger charge is -2.11. The molecule has 2 N–H and O–H groups in total. The quantitative estimate of drug-likeness (QED) is 0.420. The zero-order chi connectivity index (χ0) is 16.9. The lowest BCUT2D eigenvalue weighted by atomic mass is 10.3. The van der Waals surface area contributed by atoms with Gasteiger partial charge < -0.3 is 10.1 Å². The van der Waals surface area contributed by atoms with Crippen LogP contribution in [0.1, 0.15) is 11.9 Å². The molecule has 3 aromatic rings. The van der Waals surface area contributed by atoms with Crippen LogP contribution in [-0.4, -0.2) is 22.9 Å². The van der Waals surface area contributed by atoms with Gasteiger partial charge in [-0.25, -0.2) is 4.98 Å². The number of rotatable bonds is 4. The van der Waals surface area contributed by atoms with E-state index in [1.807, 2.05) is 55.5 Å². The van der Waals surface area contributed by atoms with Crippen molar-refractivity contribution in [2.24, 2.45) is 5.10 Å². The Kier molecular flexibility index (Phi) is 5.02. The summed E-state index contributed by atoms with van der Waals surface area (Å²) < 4.78 is 6.42. The van der Waals surface area contributed by atoms with Crippen molar-refractivity contribution in [3.8, 4) is 5.75 Å². The molecule has 0 fully saturated rings. The number of thiazole rings is 1. The minimum absolute atomic E-state index is 0.389. The fourth-order valence-corrected chi connectivity index (χ4v) is 3.17. The Balaban J connectivity index is 1.69. The third-order valence-electron chi connectivity index (χ3n) is 3.28. The molecule has 122 valence electrons. The Hall–Kier alpha value is -2.51. The Morgan fingerprint density at radius 2 is 1.92 bits per heavy atom. The van der Waals surface area contributed by atoms with Crippen LogP contribution in [-0.2, 0) is 0 Å². The highest BCUT2D eigenvalue weighted by Gasteiger charge is 2.07. The van der Waals surface area contributed by atoms with Crippen LogP contribution in [0, 0.1) is 0 Å². The summed E-state index contributed by atoms with van der Waals surface area (Å²) in [6.45, 7) is 1.90. The summed E-state index contributed by atoms with van der Waals surface area (Å²) >= 11 is 6.88. The van der Waals surface area contributed by atoms with E-state index in [-0.39, 0.29) is 0 Å². The van der Waals surface area contributed by atoms with Gasteiger partial charge in [0.2, 0.25) is 0 Å². The van der Waals surface area contributed by atoms with Gasteiger partial charge in [-0.05, 0) is 43.4 Å². The van der Waals surface area contributed by atoms with Crippen molar-refractivity contribution in [2.45, 2.75) is 6.92 Å². The molecule has 1 aromatic heterocycles. The molecule has 0 saturated heterocycles. The van der Waals surface area contributed by atoms with E-state index >= 15 is 0 Å². The summed E-state index contributed by atoms with van der Waals surface area (Å²) in [5, 5.41) is 8.63. The van der Waals surface area contributed by atoms with E-state index in [9.17, 15) is 0 Å². The normalized spacial score (nSPS) is 11.3. The van der Waals surface area contributed by atoms with Gasteiger partial charge >= 0.3 is 0 Å². The van der Waals surface area contributed by atoms with E-state index < -0.39 is 0 Å². The SMILES string of the molecule is COc1ccccc1NC(=S)N/N=C(/C)c1nc2ccccc2s1. The highest BCUT2D eigenvalue weighted by atomic mass is 32.1. The Morgan fingerprint density at radius 3 is 2.71 bits per heavy atom. The first-order chi connectivity index (χ1) is 11.7. The van der Waals surface area contributed by atoms with Gasteiger partial charge in [-0.3, -0.25) is 5.43 Å². The average Bonchev–Trinajstić information content (AvgIpc) is 3.04. The van der Waals surface area contributed by atoms with Crippen molar-refractivity contribution in [3.63, 3.8) is 0 Å². The third-order valence-corrected chi connectivity index (χ3v) is 4.62. The number of hydrogen-bond donors (Lipinski definition) is 2. The van der Waals surface area contributed by atoms with E-state index in [1.165, 1.54) is 0 Å². The van der Waals surface area contributed by atoms with Crippen molar-refractivity contribution in [1.29, 1.82) is 0 Å². The van der Waals surface area contributed by atoms with Crippen LogP contribution in [0.5, 0.6) is 5.75 Å². The predicted octanol–water partition coefficient (Wildman–Crippen LogP) is 4.02. The fraction of sp³-hybridized carbons (Fsp3) is 0.118. The van der Waals surface area contributed by atoms with Crippen LogP contribution < -0.4 is 15.5 Å². The minimum atomic E-state index is 0.389. The number of nitrogens with one attached hydrogen (secondary N) is 2. The molecule has 0 atom stereocenters. The van der Waals surface area contributed by atoms with Crippen molar-refractivity contribution in [2.75, 3.05) is 12.4 Å². The molecule has 1 heterocycles. The molecule has 0 saturated carbocycles.